The predicted molar refractivity (Wildman–Crippen MR) is 166 cm³/mol. The van der Waals surface area contributed by atoms with Gasteiger partial charge in [-0.15, -0.1) is 17.0 Å². The molecule has 36 heavy (non-hydrogen) atoms. The fourth-order valence-corrected chi connectivity index (χ4v) is 4.96. The van der Waals surface area contributed by atoms with Crippen molar-refractivity contribution in [3.8, 4) is 0 Å². The fourth-order valence-electron chi connectivity index (χ4n) is 4.96. The molecule has 0 rings (SSSR count). The molecule has 0 saturated carbocycles. The SMILES string of the molecule is Br.CCCCCCCCCCCCCCCCCCCCCC(C)(C)NCCCCCC(=O)OCC. The standard InChI is InChI=1S/C32H65NO2.BrH/c1-5-7-8-9-10-11-12-13-14-15-16-17-18-19-20-21-22-23-26-29-32(3,4)33-30-27-24-25-28-31(34)35-6-2;/h33H,5-30H2,1-4H3;1H. The molecule has 0 aromatic heterocycles. The molecule has 0 spiro atoms. The molecule has 0 heterocycles. The number of nitrogens with one attached hydrogen (secondary N) is 1. The second kappa shape index (κ2) is 29.5. The number of hydrogen-bond donors (Lipinski definition) is 1. The van der Waals surface area contributed by atoms with Gasteiger partial charge in [0.05, 0.1) is 6.61 Å². The van der Waals surface area contributed by atoms with Crippen molar-refractivity contribution < 1.29 is 9.53 Å². The molecule has 0 atom stereocenters. The Balaban J connectivity index is 0. The van der Waals surface area contributed by atoms with Gasteiger partial charge in [-0.2, -0.15) is 0 Å². The highest BCUT2D eigenvalue weighted by atomic mass is 79.9. The van der Waals surface area contributed by atoms with Crippen LogP contribution < -0.4 is 5.32 Å². The van der Waals surface area contributed by atoms with Crippen molar-refractivity contribution in [2.45, 2.75) is 187 Å². The Hall–Kier alpha value is -0.0900. The Morgan fingerprint density at radius 1 is 0.583 bits per heavy atom. The van der Waals surface area contributed by atoms with Crippen molar-refractivity contribution in [3.63, 3.8) is 0 Å². The molecule has 0 aliphatic rings. The first-order chi connectivity index (χ1) is 17.0. The van der Waals surface area contributed by atoms with Crippen LogP contribution in [-0.4, -0.2) is 24.7 Å². The average Bonchev–Trinajstić information content (AvgIpc) is 2.83. The normalized spacial score (nSPS) is 11.4. The van der Waals surface area contributed by atoms with E-state index >= 15 is 0 Å². The van der Waals surface area contributed by atoms with Crippen molar-refractivity contribution >= 4 is 23.0 Å². The number of carbonyl (C=O) groups excluding carboxylic acids is 1. The van der Waals surface area contributed by atoms with Gasteiger partial charge in [0.1, 0.15) is 0 Å². The Bertz CT molecular complexity index is 442. The quantitative estimate of drug-likeness (QED) is 0.0744. The second-order valence-corrected chi connectivity index (χ2v) is 11.5. The Labute approximate surface area is 237 Å². The van der Waals surface area contributed by atoms with Gasteiger partial charge in [-0.3, -0.25) is 4.79 Å². The molecule has 0 aromatic rings. The molecule has 0 amide bonds. The molecular formula is C32H66BrNO2. The lowest BCUT2D eigenvalue weighted by molar-refractivity contribution is -0.143. The number of halogens is 1. The Morgan fingerprint density at radius 3 is 1.39 bits per heavy atom. The third-order valence-corrected chi connectivity index (χ3v) is 7.37. The molecule has 0 aliphatic heterocycles. The maximum atomic E-state index is 11.3. The summed E-state index contributed by atoms with van der Waals surface area (Å²) < 4.78 is 4.98. The first kappa shape index (κ1) is 38.1. The van der Waals surface area contributed by atoms with E-state index in [2.05, 4.69) is 26.1 Å². The maximum Gasteiger partial charge on any atom is 0.305 e. The first-order valence-electron chi connectivity index (χ1n) is 15.9. The molecule has 0 aliphatic carbocycles. The molecule has 1 N–H and O–H groups in total. The van der Waals surface area contributed by atoms with Crippen molar-refractivity contribution in [1.82, 2.24) is 5.32 Å². The molecule has 4 heteroatoms. The maximum absolute atomic E-state index is 11.3. The molecule has 0 saturated heterocycles. The van der Waals surface area contributed by atoms with Crippen LogP contribution in [0, 0.1) is 0 Å². The lowest BCUT2D eigenvalue weighted by Gasteiger charge is -2.26. The highest BCUT2D eigenvalue weighted by Gasteiger charge is 2.15. The summed E-state index contributed by atoms with van der Waals surface area (Å²) in [5.41, 5.74) is 0.232. The van der Waals surface area contributed by atoms with Crippen LogP contribution in [0.3, 0.4) is 0 Å². The first-order valence-corrected chi connectivity index (χ1v) is 15.9. The summed E-state index contributed by atoms with van der Waals surface area (Å²) in [5, 5.41) is 3.71. The van der Waals surface area contributed by atoms with Crippen LogP contribution in [0.4, 0.5) is 0 Å². The molecule has 0 aromatic carbocycles. The molecule has 218 valence electrons. The largest absolute Gasteiger partial charge is 0.466 e. The van der Waals surface area contributed by atoms with E-state index in [1.54, 1.807) is 0 Å². The van der Waals surface area contributed by atoms with Crippen LogP contribution in [0.25, 0.3) is 0 Å². The van der Waals surface area contributed by atoms with Gasteiger partial charge in [0.2, 0.25) is 0 Å². The summed E-state index contributed by atoms with van der Waals surface area (Å²) in [6.45, 7) is 10.4. The second-order valence-electron chi connectivity index (χ2n) is 11.5. The molecular weight excluding hydrogens is 510 g/mol. The van der Waals surface area contributed by atoms with Crippen LogP contribution in [0.2, 0.25) is 0 Å². The molecule has 0 fully saturated rings. The number of unbranched alkanes of at least 4 members (excludes halogenated alkanes) is 20. The molecule has 0 unspecified atom stereocenters. The van der Waals surface area contributed by atoms with E-state index in [-0.39, 0.29) is 28.5 Å². The number of esters is 1. The van der Waals surface area contributed by atoms with Crippen molar-refractivity contribution in [3.05, 3.63) is 0 Å². The predicted octanol–water partition coefficient (Wildman–Crippen LogP) is 10.9. The van der Waals surface area contributed by atoms with Crippen LogP contribution >= 0.6 is 17.0 Å². The zero-order chi connectivity index (χ0) is 25.9. The van der Waals surface area contributed by atoms with Gasteiger partial charge in [-0.05, 0) is 46.6 Å². The van der Waals surface area contributed by atoms with Gasteiger partial charge in [0.15, 0.2) is 0 Å². The van der Waals surface area contributed by atoms with E-state index < -0.39 is 0 Å². The third kappa shape index (κ3) is 30.1. The minimum absolute atomic E-state index is 0. The summed E-state index contributed by atoms with van der Waals surface area (Å²) >= 11 is 0. The van der Waals surface area contributed by atoms with E-state index in [0.29, 0.717) is 13.0 Å². The van der Waals surface area contributed by atoms with Gasteiger partial charge >= 0.3 is 5.97 Å². The zero-order valence-corrected chi connectivity index (χ0v) is 26.8. The number of carbonyl (C=O) groups is 1. The summed E-state index contributed by atoms with van der Waals surface area (Å²) in [7, 11) is 0. The van der Waals surface area contributed by atoms with Crippen LogP contribution in [0.1, 0.15) is 182 Å². The summed E-state index contributed by atoms with van der Waals surface area (Å²) in [5.74, 6) is -0.0508. The van der Waals surface area contributed by atoms with Crippen LogP contribution in [0.15, 0.2) is 0 Å². The molecule has 0 radical (unpaired) electrons. The number of hydrogen-bond acceptors (Lipinski definition) is 3. The van der Waals surface area contributed by atoms with Crippen molar-refractivity contribution in [2.75, 3.05) is 13.2 Å². The van der Waals surface area contributed by atoms with Gasteiger partial charge in [0, 0.05) is 12.0 Å². The highest BCUT2D eigenvalue weighted by Crippen LogP contribution is 2.17. The van der Waals surface area contributed by atoms with Gasteiger partial charge in [-0.25, -0.2) is 0 Å². The van der Waals surface area contributed by atoms with Crippen molar-refractivity contribution in [1.29, 1.82) is 0 Å². The van der Waals surface area contributed by atoms with Gasteiger partial charge in [0.25, 0.3) is 0 Å². The Morgan fingerprint density at radius 2 is 0.972 bits per heavy atom. The summed E-state index contributed by atoms with van der Waals surface area (Å²) in [6, 6.07) is 0. The van der Waals surface area contributed by atoms with E-state index in [9.17, 15) is 4.79 Å². The molecule has 0 bridgehead atoms. The summed E-state index contributed by atoms with van der Waals surface area (Å²) in [4.78, 5) is 11.3. The summed E-state index contributed by atoms with van der Waals surface area (Å²) in [6.07, 6.45) is 32.3. The molecule has 3 nitrogen and oxygen atoms in total. The van der Waals surface area contributed by atoms with Crippen LogP contribution in [0.5, 0.6) is 0 Å². The lowest BCUT2D eigenvalue weighted by Crippen LogP contribution is -2.39. The third-order valence-electron chi connectivity index (χ3n) is 7.37. The number of rotatable bonds is 28. The van der Waals surface area contributed by atoms with Gasteiger partial charge in [-0.1, -0.05) is 135 Å². The average molecular weight is 577 g/mol. The fraction of sp³-hybridized carbons (Fsp3) is 0.969. The topological polar surface area (TPSA) is 38.3 Å². The highest BCUT2D eigenvalue weighted by molar-refractivity contribution is 8.93. The minimum atomic E-state index is -0.0508. The minimum Gasteiger partial charge on any atom is -0.466 e. The monoisotopic (exact) mass is 575 g/mol. The smallest absolute Gasteiger partial charge is 0.305 e. The zero-order valence-electron chi connectivity index (χ0n) is 25.1. The number of ether oxygens (including phenoxy) is 1. The van der Waals surface area contributed by atoms with Crippen LogP contribution in [-0.2, 0) is 9.53 Å². The van der Waals surface area contributed by atoms with E-state index in [1.165, 1.54) is 128 Å². The lowest BCUT2D eigenvalue weighted by atomic mass is 9.95. The van der Waals surface area contributed by atoms with E-state index in [0.717, 1.165) is 25.8 Å². The van der Waals surface area contributed by atoms with E-state index in [1.807, 2.05) is 6.92 Å². The Kier molecular flexibility index (Phi) is 31.2. The van der Waals surface area contributed by atoms with E-state index in [4.69, 9.17) is 4.74 Å². The van der Waals surface area contributed by atoms with Crippen molar-refractivity contribution in [2.24, 2.45) is 0 Å². The van der Waals surface area contributed by atoms with Gasteiger partial charge < -0.3 is 10.1 Å².